The van der Waals surface area contributed by atoms with Crippen LogP contribution >= 0.6 is 11.6 Å². The molecule has 0 bridgehead atoms. The van der Waals surface area contributed by atoms with Gasteiger partial charge in [0.15, 0.2) is 0 Å². The van der Waals surface area contributed by atoms with Crippen molar-refractivity contribution < 1.29 is 36.9 Å². The van der Waals surface area contributed by atoms with Gasteiger partial charge < -0.3 is 29.2 Å². The van der Waals surface area contributed by atoms with Crippen LogP contribution in [0.1, 0.15) is 46.4 Å². The number of nitrogens with zero attached hydrogens (tertiary/aromatic N) is 3. The summed E-state index contributed by atoms with van der Waals surface area (Å²) in [5, 5.41) is 3.24. The Hall–Kier alpha value is -2.67. The molecule has 2 fully saturated rings. The van der Waals surface area contributed by atoms with E-state index in [1.54, 1.807) is 18.9 Å². The van der Waals surface area contributed by atoms with Crippen molar-refractivity contribution in [3.05, 3.63) is 45.6 Å². The average molecular weight is 573 g/mol. The Balaban J connectivity index is 1.41. The van der Waals surface area contributed by atoms with Gasteiger partial charge in [-0.25, -0.2) is 0 Å². The number of hydrogen-bond acceptors (Lipinski definition) is 8. The van der Waals surface area contributed by atoms with Gasteiger partial charge >= 0.3 is 12.2 Å². The highest BCUT2D eigenvalue weighted by Gasteiger charge is 2.34. The maximum absolute atomic E-state index is 13.4. The summed E-state index contributed by atoms with van der Waals surface area (Å²) in [6.45, 7) is 3.90. The van der Waals surface area contributed by atoms with Crippen molar-refractivity contribution in [2.75, 3.05) is 40.5 Å². The first-order chi connectivity index (χ1) is 18.6. The van der Waals surface area contributed by atoms with Crippen molar-refractivity contribution in [1.82, 2.24) is 20.2 Å². The van der Waals surface area contributed by atoms with Crippen molar-refractivity contribution in [2.24, 2.45) is 0 Å². The lowest BCUT2D eigenvalue weighted by molar-refractivity contribution is -0.137. The molecular formula is C26H32ClF3N4O5. The van der Waals surface area contributed by atoms with Crippen LogP contribution in [0.25, 0.3) is 0 Å². The number of piperidine rings is 1. The molecule has 2 atom stereocenters. The van der Waals surface area contributed by atoms with E-state index >= 15 is 0 Å². The molecule has 2 aromatic rings. The number of hydrogen-bond donors (Lipinski definition) is 1. The van der Waals surface area contributed by atoms with Crippen molar-refractivity contribution in [3.63, 3.8) is 0 Å². The number of ether oxygens (including phenoxy) is 4. The smallest absolute Gasteiger partial charge is 0.417 e. The van der Waals surface area contributed by atoms with Crippen molar-refractivity contribution >= 4 is 17.5 Å². The quantitative estimate of drug-likeness (QED) is 0.506. The van der Waals surface area contributed by atoms with Gasteiger partial charge in [-0.3, -0.25) is 4.79 Å². The van der Waals surface area contributed by atoms with E-state index < -0.39 is 16.8 Å². The van der Waals surface area contributed by atoms with E-state index in [1.165, 1.54) is 19.2 Å². The van der Waals surface area contributed by atoms with E-state index in [0.29, 0.717) is 37.4 Å². The number of benzene rings is 1. The monoisotopic (exact) mass is 572 g/mol. The number of alkyl halides is 3. The molecule has 0 unspecified atom stereocenters. The third-order valence-electron chi connectivity index (χ3n) is 7.02. The van der Waals surface area contributed by atoms with E-state index in [2.05, 4.69) is 15.3 Å². The van der Waals surface area contributed by atoms with Crippen LogP contribution in [-0.4, -0.2) is 79.5 Å². The van der Waals surface area contributed by atoms with Crippen LogP contribution in [-0.2, 0) is 22.3 Å². The van der Waals surface area contributed by atoms with E-state index in [-0.39, 0.29) is 48.3 Å². The molecule has 2 aliphatic rings. The summed E-state index contributed by atoms with van der Waals surface area (Å²) in [5.41, 5.74) is 0.0420. The number of nitrogens with one attached hydrogen (secondary N) is 1. The van der Waals surface area contributed by atoms with Gasteiger partial charge in [0.25, 0.3) is 5.91 Å². The lowest BCUT2D eigenvalue weighted by Gasteiger charge is -2.38. The number of carbonyl (C=O) groups is 1. The molecule has 13 heteroatoms. The van der Waals surface area contributed by atoms with Gasteiger partial charge in [-0.05, 0) is 43.9 Å². The second-order valence-electron chi connectivity index (χ2n) is 9.57. The molecule has 0 aliphatic carbocycles. The Labute approximate surface area is 229 Å². The van der Waals surface area contributed by atoms with Gasteiger partial charge in [0, 0.05) is 44.5 Å². The predicted octanol–water partition coefficient (Wildman–Crippen LogP) is 4.04. The fourth-order valence-corrected chi connectivity index (χ4v) is 5.09. The Morgan fingerprint density at radius 1 is 1.21 bits per heavy atom. The molecule has 9 nitrogen and oxygen atoms in total. The zero-order valence-electron chi connectivity index (χ0n) is 22.0. The highest BCUT2D eigenvalue weighted by molar-refractivity contribution is 6.31. The molecule has 1 amide bonds. The number of methoxy groups -OCH3 is 2. The average Bonchev–Trinajstić information content (AvgIpc) is 2.92. The predicted molar refractivity (Wildman–Crippen MR) is 136 cm³/mol. The van der Waals surface area contributed by atoms with Crippen LogP contribution in [0.3, 0.4) is 0 Å². The van der Waals surface area contributed by atoms with Gasteiger partial charge in [-0.2, -0.15) is 23.1 Å². The van der Waals surface area contributed by atoms with Crippen LogP contribution < -0.4 is 14.8 Å². The van der Waals surface area contributed by atoms with Gasteiger partial charge in [-0.1, -0.05) is 17.7 Å². The van der Waals surface area contributed by atoms with Gasteiger partial charge in [0.05, 0.1) is 30.4 Å². The summed E-state index contributed by atoms with van der Waals surface area (Å²) in [5.74, 6) is -0.169. The molecule has 1 aromatic carbocycles. The first kappa shape index (κ1) is 29.3. The van der Waals surface area contributed by atoms with Crippen LogP contribution in [0, 0.1) is 6.92 Å². The molecule has 2 saturated heterocycles. The molecule has 0 spiro atoms. The Morgan fingerprint density at radius 2 is 1.95 bits per heavy atom. The summed E-state index contributed by atoms with van der Waals surface area (Å²) in [6.07, 6.45) is -2.12. The Bertz CT molecular complexity index is 1160. The summed E-state index contributed by atoms with van der Waals surface area (Å²) in [7, 11) is 3.06. The van der Waals surface area contributed by atoms with Gasteiger partial charge in [0.1, 0.15) is 12.3 Å². The topological polar surface area (TPSA) is 95.0 Å². The minimum absolute atomic E-state index is 0.00608. The maximum Gasteiger partial charge on any atom is 0.417 e. The zero-order chi connectivity index (χ0) is 28.2. The standard InChI is InChI=1S/C26H32ClF3N4O5/c1-15-22(24(35)34-9-6-17(7-10-34)31-20-8-11-38-14-21(20)36-2)32-25(37-3)33-23(15)39-13-16-4-5-18(19(27)12-16)26(28,29)30/h4-5,12,17,20-21,31H,6-11,13-14H2,1-3H3/t20-,21+/m0/s1. The fraction of sp³-hybridized carbons (Fsp3) is 0.577. The van der Waals surface area contributed by atoms with Crippen LogP contribution in [0.15, 0.2) is 18.2 Å². The molecule has 3 heterocycles. The first-order valence-electron chi connectivity index (χ1n) is 12.7. The highest BCUT2D eigenvalue weighted by Crippen LogP contribution is 2.35. The SMILES string of the molecule is COc1nc(OCc2ccc(C(F)(F)F)c(Cl)c2)c(C)c(C(=O)N2CCC(N[C@H]3CCOC[C@H]3OC)CC2)n1. The molecule has 4 rings (SSSR count). The second kappa shape index (κ2) is 12.7. The molecule has 0 radical (unpaired) electrons. The molecule has 214 valence electrons. The Morgan fingerprint density at radius 3 is 2.59 bits per heavy atom. The number of likely N-dealkylation sites (tertiary alicyclic amines) is 1. The van der Waals surface area contributed by atoms with E-state index in [0.717, 1.165) is 25.3 Å². The second-order valence-corrected chi connectivity index (χ2v) is 9.97. The van der Waals surface area contributed by atoms with E-state index in [1.807, 2.05) is 0 Å². The minimum atomic E-state index is -4.55. The van der Waals surface area contributed by atoms with Gasteiger partial charge in [0.2, 0.25) is 5.88 Å². The van der Waals surface area contributed by atoms with Crippen molar-refractivity contribution in [2.45, 2.75) is 57.2 Å². The number of halogens is 4. The minimum Gasteiger partial charge on any atom is -0.472 e. The van der Waals surface area contributed by atoms with E-state index in [4.69, 9.17) is 30.5 Å². The molecule has 1 aromatic heterocycles. The molecular weight excluding hydrogens is 541 g/mol. The third-order valence-corrected chi connectivity index (χ3v) is 7.33. The maximum atomic E-state index is 13.4. The molecule has 2 aliphatic heterocycles. The van der Waals surface area contributed by atoms with Crippen LogP contribution in [0.5, 0.6) is 11.9 Å². The number of amides is 1. The lowest BCUT2D eigenvalue weighted by atomic mass is 9.99. The van der Waals surface area contributed by atoms with E-state index in [9.17, 15) is 18.0 Å². The lowest BCUT2D eigenvalue weighted by Crippen LogP contribution is -2.54. The molecule has 39 heavy (non-hydrogen) atoms. The fourth-order valence-electron chi connectivity index (χ4n) is 4.78. The largest absolute Gasteiger partial charge is 0.472 e. The third kappa shape index (κ3) is 7.10. The Kier molecular flexibility index (Phi) is 9.52. The molecule has 1 N–H and O–H groups in total. The normalized spacial score (nSPS) is 20.6. The van der Waals surface area contributed by atoms with Gasteiger partial charge in [-0.15, -0.1) is 0 Å². The summed E-state index contributed by atoms with van der Waals surface area (Å²) in [6, 6.07) is 3.79. The van der Waals surface area contributed by atoms with Crippen LogP contribution in [0.2, 0.25) is 5.02 Å². The van der Waals surface area contributed by atoms with Crippen molar-refractivity contribution in [3.8, 4) is 11.9 Å². The number of rotatable bonds is 8. The highest BCUT2D eigenvalue weighted by atomic mass is 35.5. The van der Waals surface area contributed by atoms with Crippen molar-refractivity contribution in [1.29, 1.82) is 0 Å². The summed E-state index contributed by atoms with van der Waals surface area (Å²) < 4.78 is 61.0. The zero-order valence-corrected chi connectivity index (χ0v) is 22.8. The first-order valence-corrected chi connectivity index (χ1v) is 13.1. The summed E-state index contributed by atoms with van der Waals surface area (Å²) in [4.78, 5) is 23.6. The van der Waals surface area contributed by atoms with Crippen LogP contribution in [0.4, 0.5) is 13.2 Å². The number of aromatic nitrogens is 2. The molecule has 0 saturated carbocycles. The number of carbonyl (C=O) groups excluding carboxylic acids is 1. The summed E-state index contributed by atoms with van der Waals surface area (Å²) >= 11 is 5.82.